The highest BCUT2D eigenvalue weighted by atomic mass is 79.9. The van der Waals surface area contributed by atoms with E-state index in [9.17, 15) is 9.18 Å². The number of anilines is 1. The smallest absolute Gasteiger partial charge is 0.256 e. The summed E-state index contributed by atoms with van der Waals surface area (Å²) in [6.45, 7) is -0.0765. The number of hydrogen-bond donors (Lipinski definition) is 1. The summed E-state index contributed by atoms with van der Waals surface area (Å²) in [5, 5.41) is 11.1. The van der Waals surface area contributed by atoms with E-state index in [1.165, 1.54) is 12.1 Å². The van der Waals surface area contributed by atoms with Crippen LogP contribution in [0.4, 0.5) is 10.1 Å². The molecule has 21 heavy (non-hydrogen) atoms. The van der Waals surface area contributed by atoms with Gasteiger partial charge in [-0.2, -0.15) is 5.26 Å². The van der Waals surface area contributed by atoms with E-state index in [1.54, 1.807) is 24.3 Å². The number of nitrogens with one attached hydrogen (secondary N) is 1. The minimum atomic E-state index is -0.491. The largest absolute Gasteiger partial charge is 0.479 e. The Hall–Kier alpha value is -2.39. The first-order chi connectivity index (χ1) is 10.1. The first-order valence-corrected chi connectivity index (χ1v) is 6.75. The summed E-state index contributed by atoms with van der Waals surface area (Å²) in [6.07, 6.45) is 0. The Bertz CT molecular complexity index is 713. The maximum atomic E-state index is 13.2. The third kappa shape index (κ3) is 4.04. The Morgan fingerprint density at radius 1 is 1.33 bits per heavy atom. The molecule has 0 aliphatic rings. The summed E-state index contributed by atoms with van der Waals surface area (Å²) in [5.74, 6) is -0.471. The molecule has 0 fully saturated rings. The van der Waals surface area contributed by atoms with Gasteiger partial charge >= 0.3 is 0 Å². The number of amides is 1. The molecule has 2 aromatic carbocycles. The number of ether oxygens (including phenoxy) is 1. The molecule has 0 aromatic heterocycles. The van der Waals surface area contributed by atoms with Crippen LogP contribution in [0, 0.1) is 17.1 Å². The molecule has 0 radical (unpaired) electrons. The van der Waals surface area contributed by atoms with Crippen LogP contribution >= 0.6 is 15.9 Å². The zero-order chi connectivity index (χ0) is 15.2. The van der Waals surface area contributed by atoms with Crippen molar-refractivity contribution in [2.75, 3.05) is 11.9 Å². The fourth-order valence-corrected chi connectivity index (χ4v) is 2.08. The predicted octanol–water partition coefficient (Wildman–Crippen LogP) is 3.74. The standard InChI is InChI=1S/C15H10BrFN2O2/c16-14-5-4-10(17)8-13(14)15(20)19-11-2-1-3-12(9-11)21-7-6-18/h1-5,8-9H,7H2,(H,19,20). The number of rotatable bonds is 4. The second-order valence-electron chi connectivity index (χ2n) is 4.05. The van der Waals surface area contributed by atoms with E-state index < -0.39 is 11.7 Å². The van der Waals surface area contributed by atoms with Gasteiger partial charge in [0.1, 0.15) is 17.6 Å². The van der Waals surface area contributed by atoms with Gasteiger partial charge in [-0.15, -0.1) is 0 Å². The lowest BCUT2D eigenvalue weighted by Gasteiger charge is -2.08. The summed E-state index contributed by atoms with van der Waals surface area (Å²) in [7, 11) is 0. The molecule has 0 bridgehead atoms. The van der Waals surface area contributed by atoms with Crippen molar-refractivity contribution in [2.45, 2.75) is 0 Å². The molecule has 0 spiro atoms. The van der Waals surface area contributed by atoms with E-state index >= 15 is 0 Å². The molecule has 0 saturated heterocycles. The molecule has 6 heteroatoms. The lowest BCUT2D eigenvalue weighted by Crippen LogP contribution is -2.13. The van der Waals surface area contributed by atoms with Crippen LogP contribution in [0.25, 0.3) is 0 Å². The molecule has 4 nitrogen and oxygen atoms in total. The highest BCUT2D eigenvalue weighted by Gasteiger charge is 2.11. The van der Waals surface area contributed by atoms with E-state index in [-0.39, 0.29) is 12.2 Å². The van der Waals surface area contributed by atoms with E-state index in [0.29, 0.717) is 15.9 Å². The molecule has 2 rings (SSSR count). The fraction of sp³-hybridized carbons (Fsp3) is 0.0667. The molecule has 0 saturated carbocycles. The van der Waals surface area contributed by atoms with E-state index in [1.807, 2.05) is 6.07 Å². The lowest BCUT2D eigenvalue weighted by molar-refractivity contribution is 0.102. The van der Waals surface area contributed by atoms with Crippen molar-refractivity contribution in [3.05, 3.63) is 58.3 Å². The molecular formula is C15H10BrFN2O2. The van der Waals surface area contributed by atoms with Crippen LogP contribution < -0.4 is 10.1 Å². The second-order valence-corrected chi connectivity index (χ2v) is 4.91. The number of halogens is 2. The van der Waals surface area contributed by atoms with Gasteiger partial charge in [0.05, 0.1) is 5.56 Å². The van der Waals surface area contributed by atoms with Gasteiger partial charge in [0.15, 0.2) is 6.61 Å². The highest BCUT2D eigenvalue weighted by Crippen LogP contribution is 2.21. The van der Waals surface area contributed by atoms with E-state index in [0.717, 1.165) is 6.07 Å². The number of nitriles is 1. The van der Waals surface area contributed by atoms with Crippen molar-refractivity contribution in [1.29, 1.82) is 5.26 Å². The normalized spacial score (nSPS) is 9.76. The zero-order valence-corrected chi connectivity index (χ0v) is 12.4. The second kappa shape index (κ2) is 6.86. The summed E-state index contributed by atoms with van der Waals surface area (Å²) < 4.78 is 18.8. The number of hydrogen-bond acceptors (Lipinski definition) is 3. The quantitative estimate of drug-likeness (QED) is 0.915. The van der Waals surface area contributed by atoms with Gasteiger partial charge in [-0.1, -0.05) is 6.07 Å². The third-order valence-corrected chi connectivity index (χ3v) is 3.26. The van der Waals surface area contributed by atoms with Crippen molar-refractivity contribution < 1.29 is 13.9 Å². The molecule has 1 amide bonds. The lowest BCUT2D eigenvalue weighted by atomic mass is 10.2. The summed E-state index contributed by atoms with van der Waals surface area (Å²) in [6, 6.07) is 12.3. The van der Waals surface area contributed by atoms with Crippen LogP contribution in [0.5, 0.6) is 5.75 Å². The topological polar surface area (TPSA) is 62.1 Å². The molecule has 106 valence electrons. The maximum absolute atomic E-state index is 13.2. The summed E-state index contributed by atoms with van der Waals surface area (Å²) in [5.41, 5.74) is 0.685. The van der Waals surface area contributed by atoms with Crippen LogP contribution in [0.2, 0.25) is 0 Å². The van der Waals surface area contributed by atoms with Gasteiger partial charge in [-0.05, 0) is 46.3 Å². The Kier molecular flexibility index (Phi) is 4.90. The third-order valence-electron chi connectivity index (χ3n) is 2.57. The van der Waals surface area contributed by atoms with Crippen molar-refractivity contribution in [1.82, 2.24) is 0 Å². The molecule has 1 N–H and O–H groups in total. The number of carbonyl (C=O) groups excluding carboxylic acids is 1. The Morgan fingerprint density at radius 3 is 2.90 bits per heavy atom. The minimum Gasteiger partial charge on any atom is -0.479 e. The van der Waals surface area contributed by atoms with E-state index in [4.69, 9.17) is 10.00 Å². The van der Waals surface area contributed by atoms with Crippen LogP contribution in [0.1, 0.15) is 10.4 Å². The van der Waals surface area contributed by atoms with Crippen molar-refractivity contribution in [3.8, 4) is 11.8 Å². The number of carbonyl (C=O) groups is 1. The van der Waals surface area contributed by atoms with Crippen LogP contribution in [0.3, 0.4) is 0 Å². The van der Waals surface area contributed by atoms with Crippen molar-refractivity contribution in [3.63, 3.8) is 0 Å². The first-order valence-electron chi connectivity index (χ1n) is 5.96. The molecule has 0 aliphatic carbocycles. The Labute approximate surface area is 129 Å². The van der Waals surface area contributed by atoms with E-state index in [2.05, 4.69) is 21.2 Å². The predicted molar refractivity (Wildman–Crippen MR) is 79.6 cm³/mol. The van der Waals surface area contributed by atoms with Gasteiger partial charge in [0, 0.05) is 16.2 Å². The first kappa shape index (κ1) is 15.0. The van der Waals surface area contributed by atoms with Crippen molar-refractivity contribution in [2.24, 2.45) is 0 Å². The molecule has 0 unspecified atom stereocenters. The van der Waals surface area contributed by atoms with Gasteiger partial charge in [0.25, 0.3) is 5.91 Å². The average Bonchev–Trinajstić information content (AvgIpc) is 2.48. The van der Waals surface area contributed by atoms with Crippen LogP contribution in [0.15, 0.2) is 46.9 Å². The maximum Gasteiger partial charge on any atom is 0.256 e. The highest BCUT2D eigenvalue weighted by molar-refractivity contribution is 9.10. The van der Waals surface area contributed by atoms with Gasteiger partial charge in [0.2, 0.25) is 0 Å². The SMILES string of the molecule is N#CCOc1cccc(NC(=O)c2cc(F)ccc2Br)c1. The van der Waals surface area contributed by atoms with Gasteiger partial charge in [-0.3, -0.25) is 4.79 Å². The van der Waals surface area contributed by atoms with Crippen LogP contribution in [-0.2, 0) is 0 Å². The fourth-order valence-electron chi connectivity index (χ4n) is 1.65. The minimum absolute atomic E-state index is 0.0765. The number of nitrogens with zero attached hydrogens (tertiary/aromatic N) is 1. The molecule has 0 atom stereocenters. The zero-order valence-electron chi connectivity index (χ0n) is 10.8. The average molecular weight is 349 g/mol. The number of benzene rings is 2. The monoisotopic (exact) mass is 348 g/mol. The molecule has 0 aliphatic heterocycles. The molecular weight excluding hydrogens is 339 g/mol. The molecule has 2 aromatic rings. The Morgan fingerprint density at radius 2 is 2.14 bits per heavy atom. The van der Waals surface area contributed by atoms with Gasteiger partial charge in [-0.25, -0.2) is 4.39 Å². The van der Waals surface area contributed by atoms with Crippen LogP contribution in [-0.4, -0.2) is 12.5 Å². The summed E-state index contributed by atoms with van der Waals surface area (Å²) in [4.78, 5) is 12.1. The van der Waals surface area contributed by atoms with Gasteiger partial charge < -0.3 is 10.1 Å². The Balaban J connectivity index is 2.16. The van der Waals surface area contributed by atoms with Crippen molar-refractivity contribution >= 4 is 27.5 Å². The summed E-state index contributed by atoms with van der Waals surface area (Å²) >= 11 is 3.20. The molecule has 0 heterocycles.